The second-order valence-electron chi connectivity index (χ2n) is 5.94. The number of hydrogen-bond acceptors (Lipinski definition) is 7. The van der Waals surface area contributed by atoms with E-state index in [9.17, 15) is 13.2 Å². The number of nitrogens with zero attached hydrogens (tertiary/aromatic N) is 5. The first-order valence-electron chi connectivity index (χ1n) is 8.29. The molecule has 0 amide bonds. The van der Waals surface area contributed by atoms with Crippen LogP contribution in [0.3, 0.4) is 0 Å². The summed E-state index contributed by atoms with van der Waals surface area (Å²) in [6, 6.07) is 5.04. The third-order valence-electron chi connectivity index (χ3n) is 4.03. The van der Waals surface area contributed by atoms with Gasteiger partial charge < -0.3 is 9.15 Å². The summed E-state index contributed by atoms with van der Waals surface area (Å²) in [5.41, 5.74) is 0.740. The molecule has 7 nitrogen and oxygen atoms in total. The Kier molecular flexibility index (Phi) is 4.67. The highest BCUT2D eigenvalue weighted by Gasteiger charge is 2.19. The predicted octanol–water partition coefficient (Wildman–Crippen LogP) is 3.99. The molecule has 0 saturated carbocycles. The standard InChI is InChI=1S/C19H12F3N5O2/c1-9-16(22)12(10-5-13(21)17(28-2)24-7-10)6-15(25-9)19-27-26-18(29-19)14-4-3-11(20)8-23-14/h3-8H,1-2H3. The molecule has 4 aromatic heterocycles. The second-order valence-corrected chi connectivity index (χ2v) is 5.94. The van der Waals surface area contributed by atoms with Crippen LogP contribution in [-0.2, 0) is 0 Å². The zero-order valence-electron chi connectivity index (χ0n) is 15.2. The van der Waals surface area contributed by atoms with Crippen molar-refractivity contribution in [3.05, 3.63) is 59.8 Å². The first-order valence-corrected chi connectivity index (χ1v) is 8.29. The van der Waals surface area contributed by atoms with E-state index in [4.69, 9.17) is 9.15 Å². The van der Waals surface area contributed by atoms with E-state index in [0.717, 1.165) is 12.3 Å². The van der Waals surface area contributed by atoms with Gasteiger partial charge >= 0.3 is 0 Å². The minimum absolute atomic E-state index is 0.00239. The fourth-order valence-corrected chi connectivity index (χ4v) is 2.63. The fraction of sp³-hybridized carbons (Fsp3) is 0.105. The van der Waals surface area contributed by atoms with Crippen molar-refractivity contribution in [2.45, 2.75) is 6.92 Å². The third-order valence-corrected chi connectivity index (χ3v) is 4.03. The fourth-order valence-electron chi connectivity index (χ4n) is 2.63. The lowest BCUT2D eigenvalue weighted by Crippen LogP contribution is -1.98. The van der Waals surface area contributed by atoms with Gasteiger partial charge in [-0.1, -0.05) is 0 Å². The number of halogens is 3. The van der Waals surface area contributed by atoms with Crippen molar-refractivity contribution >= 4 is 0 Å². The van der Waals surface area contributed by atoms with Gasteiger partial charge in [0.25, 0.3) is 11.8 Å². The van der Waals surface area contributed by atoms with Crippen molar-refractivity contribution in [2.24, 2.45) is 0 Å². The summed E-state index contributed by atoms with van der Waals surface area (Å²) in [6.07, 6.45) is 2.30. The summed E-state index contributed by atoms with van der Waals surface area (Å²) in [7, 11) is 1.28. The molecular formula is C19H12F3N5O2. The van der Waals surface area contributed by atoms with E-state index in [-0.39, 0.29) is 45.9 Å². The SMILES string of the molecule is COc1ncc(-c2cc(-c3nnc(-c4ccc(F)cn4)o3)nc(C)c2F)cc1F. The molecule has 0 N–H and O–H groups in total. The summed E-state index contributed by atoms with van der Waals surface area (Å²) in [5, 5.41) is 7.75. The smallest absolute Gasteiger partial charge is 0.266 e. The molecule has 0 aromatic carbocycles. The molecule has 0 bridgehead atoms. The van der Waals surface area contributed by atoms with Crippen molar-refractivity contribution in [3.8, 4) is 40.2 Å². The topological polar surface area (TPSA) is 86.8 Å². The molecule has 0 aliphatic rings. The quantitative estimate of drug-likeness (QED) is 0.513. The van der Waals surface area contributed by atoms with Gasteiger partial charge in [-0.05, 0) is 31.2 Å². The average Bonchev–Trinajstić information content (AvgIpc) is 3.20. The minimum atomic E-state index is -0.733. The lowest BCUT2D eigenvalue weighted by atomic mass is 10.1. The van der Waals surface area contributed by atoms with E-state index in [2.05, 4.69) is 25.1 Å². The summed E-state index contributed by atoms with van der Waals surface area (Å²) >= 11 is 0. The van der Waals surface area contributed by atoms with Crippen LogP contribution in [0.5, 0.6) is 5.88 Å². The van der Waals surface area contributed by atoms with Crippen LogP contribution in [0.1, 0.15) is 5.69 Å². The molecule has 0 radical (unpaired) electrons. The van der Waals surface area contributed by atoms with Crippen LogP contribution in [0.15, 0.2) is 41.1 Å². The monoisotopic (exact) mass is 399 g/mol. The highest BCUT2D eigenvalue weighted by molar-refractivity contribution is 5.69. The molecule has 4 rings (SSSR count). The lowest BCUT2D eigenvalue weighted by Gasteiger charge is -2.08. The zero-order chi connectivity index (χ0) is 20.5. The van der Waals surface area contributed by atoms with Gasteiger partial charge in [-0.15, -0.1) is 10.2 Å². The van der Waals surface area contributed by atoms with Gasteiger partial charge in [0, 0.05) is 17.3 Å². The molecule has 0 aliphatic heterocycles. The Morgan fingerprint density at radius 1 is 0.931 bits per heavy atom. The molecule has 0 fully saturated rings. The third kappa shape index (κ3) is 3.51. The van der Waals surface area contributed by atoms with Gasteiger partial charge in [-0.25, -0.2) is 28.1 Å². The van der Waals surface area contributed by atoms with Crippen molar-refractivity contribution < 1.29 is 22.3 Å². The molecule has 0 spiro atoms. The average molecular weight is 399 g/mol. The van der Waals surface area contributed by atoms with E-state index in [1.54, 1.807) is 0 Å². The molecule has 0 aliphatic carbocycles. The Labute approximate surface area is 162 Å². The van der Waals surface area contributed by atoms with Gasteiger partial charge in [0.2, 0.25) is 5.88 Å². The van der Waals surface area contributed by atoms with Crippen LogP contribution in [0.2, 0.25) is 0 Å². The molecule has 0 unspecified atom stereocenters. The van der Waals surface area contributed by atoms with E-state index < -0.39 is 17.5 Å². The van der Waals surface area contributed by atoms with Crippen molar-refractivity contribution in [2.75, 3.05) is 7.11 Å². The van der Waals surface area contributed by atoms with E-state index >= 15 is 0 Å². The largest absolute Gasteiger partial charge is 0.479 e. The summed E-state index contributed by atoms with van der Waals surface area (Å²) < 4.78 is 52.0. The van der Waals surface area contributed by atoms with Gasteiger partial charge in [-0.2, -0.15) is 0 Å². The number of pyridine rings is 3. The Morgan fingerprint density at radius 3 is 2.34 bits per heavy atom. The first kappa shape index (κ1) is 18.5. The number of ether oxygens (including phenoxy) is 1. The van der Waals surface area contributed by atoms with E-state index in [0.29, 0.717) is 0 Å². The Morgan fingerprint density at radius 2 is 1.69 bits per heavy atom. The highest BCUT2D eigenvalue weighted by Crippen LogP contribution is 2.31. The van der Waals surface area contributed by atoms with E-state index in [1.165, 1.54) is 38.4 Å². The summed E-state index contributed by atoms with van der Waals surface area (Å²) in [5.74, 6) is -2.04. The van der Waals surface area contributed by atoms with Crippen molar-refractivity contribution in [3.63, 3.8) is 0 Å². The van der Waals surface area contributed by atoms with Crippen LogP contribution >= 0.6 is 0 Å². The maximum absolute atomic E-state index is 14.6. The van der Waals surface area contributed by atoms with Crippen LogP contribution in [0, 0.1) is 24.4 Å². The number of hydrogen-bond donors (Lipinski definition) is 0. The van der Waals surface area contributed by atoms with Crippen LogP contribution < -0.4 is 4.74 Å². The van der Waals surface area contributed by atoms with Gasteiger partial charge in [0.05, 0.1) is 19.0 Å². The first-order chi connectivity index (χ1) is 14.0. The van der Waals surface area contributed by atoms with Gasteiger partial charge in [0.1, 0.15) is 17.2 Å². The zero-order valence-corrected chi connectivity index (χ0v) is 15.2. The minimum Gasteiger partial charge on any atom is -0.479 e. The molecule has 4 aromatic rings. The van der Waals surface area contributed by atoms with Gasteiger partial charge in [-0.3, -0.25) is 0 Å². The molecule has 0 saturated heterocycles. The molecule has 146 valence electrons. The summed E-state index contributed by atoms with van der Waals surface area (Å²) in [4.78, 5) is 11.8. The maximum atomic E-state index is 14.6. The van der Waals surface area contributed by atoms with Crippen molar-refractivity contribution in [1.29, 1.82) is 0 Å². The number of rotatable bonds is 4. The Balaban J connectivity index is 1.76. The number of methoxy groups -OCH3 is 1. The molecular weight excluding hydrogens is 387 g/mol. The summed E-state index contributed by atoms with van der Waals surface area (Å²) in [6.45, 7) is 1.45. The molecule has 10 heteroatoms. The Bertz CT molecular complexity index is 1200. The molecule has 29 heavy (non-hydrogen) atoms. The van der Waals surface area contributed by atoms with Crippen LogP contribution in [0.25, 0.3) is 34.3 Å². The van der Waals surface area contributed by atoms with Crippen LogP contribution in [0.4, 0.5) is 13.2 Å². The normalized spacial score (nSPS) is 10.9. The van der Waals surface area contributed by atoms with Crippen molar-refractivity contribution in [1.82, 2.24) is 25.1 Å². The van der Waals surface area contributed by atoms with Crippen LogP contribution in [-0.4, -0.2) is 32.3 Å². The maximum Gasteiger partial charge on any atom is 0.266 e. The molecule has 0 atom stereocenters. The predicted molar refractivity (Wildman–Crippen MR) is 95.2 cm³/mol. The lowest BCUT2D eigenvalue weighted by molar-refractivity contribution is 0.369. The number of aryl methyl sites for hydroxylation is 1. The number of aromatic nitrogens is 5. The second kappa shape index (κ2) is 7.30. The Hall–Kier alpha value is -3.82. The highest BCUT2D eigenvalue weighted by atomic mass is 19.1. The molecule has 4 heterocycles. The van der Waals surface area contributed by atoms with Gasteiger partial charge in [0.15, 0.2) is 11.6 Å². The van der Waals surface area contributed by atoms with E-state index in [1.807, 2.05) is 0 Å².